The molecule has 0 spiro atoms. The molecule has 0 aromatic heterocycles. The Morgan fingerprint density at radius 1 is 1.58 bits per heavy atom. The predicted molar refractivity (Wildman–Crippen MR) is 49.1 cm³/mol. The molecule has 0 aromatic carbocycles. The number of aliphatic imine (C=N–C) groups is 1. The molecule has 12 heavy (non-hydrogen) atoms. The van der Waals surface area contributed by atoms with Crippen molar-refractivity contribution in [1.29, 1.82) is 0 Å². The zero-order chi connectivity index (χ0) is 8.97. The Hall–Kier alpha value is -1.12. The van der Waals surface area contributed by atoms with Crippen LogP contribution in [0.5, 0.6) is 0 Å². The monoisotopic (exact) mass is 166 g/mol. The molecule has 0 atom stereocenters. The van der Waals surface area contributed by atoms with E-state index in [9.17, 15) is 4.79 Å². The van der Waals surface area contributed by atoms with Crippen molar-refractivity contribution < 1.29 is 4.79 Å². The first-order valence-electron chi connectivity index (χ1n) is 4.27. The number of Topliss-reactive ketones (excluding diaryl/α,β-unsaturated/α-hetero) is 1. The molecule has 0 saturated heterocycles. The first kappa shape index (κ1) is 8.97. The number of ketones is 1. The minimum Gasteiger partial charge on any atom is -0.396 e. The highest BCUT2D eigenvalue weighted by molar-refractivity contribution is 6.01. The molecule has 1 aliphatic carbocycles. The van der Waals surface area contributed by atoms with Crippen LogP contribution in [0.25, 0.3) is 0 Å². The fourth-order valence-corrected chi connectivity index (χ4v) is 1.22. The van der Waals surface area contributed by atoms with Crippen LogP contribution in [0.3, 0.4) is 0 Å². The lowest BCUT2D eigenvalue weighted by Gasteiger charge is -2.12. The van der Waals surface area contributed by atoms with Gasteiger partial charge in [0, 0.05) is 19.2 Å². The van der Waals surface area contributed by atoms with Crippen LogP contribution in [0, 0.1) is 0 Å². The molecule has 3 heteroatoms. The van der Waals surface area contributed by atoms with Crippen LogP contribution < -0.4 is 5.73 Å². The molecular formula is C9H14N2O. The second-order valence-electron chi connectivity index (χ2n) is 2.84. The second kappa shape index (κ2) is 4.04. The van der Waals surface area contributed by atoms with Crippen molar-refractivity contribution in [1.82, 2.24) is 0 Å². The van der Waals surface area contributed by atoms with Gasteiger partial charge >= 0.3 is 0 Å². The molecule has 2 N–H and O–H groups in total. The molecule has 0 bridgehead atoms. The normalized spacial score (nSPS) is 19.2. The lowest BCUT2D eigenvalue weighted by Crippen LogP contribution is -2.19. The Morgan fingerprint density at radius 3 is 3.00 bits per heavy atom. The van der Waals surface area contributed by atoms with E-state index >= 15 is 0 Å². The number of allylic oxidation sites excluding steroid dienone is 2. The maximum Gasteiger partial charge on any atom is 0.178 e. The number of nitrogens with zero attached hydrogens (tertiary/aromatic N) is 1. The Balaban J connectivity index is 2.78. The lowest BCUT2D eigenvalue weighted by molar-refractivity contribution is -0.116. The van der Waals surface area contributed by atoms with E-state index in [1.165, 1.54) is 0 Å². The second-order valence-corrected chi connectivity index (χ2v) is 2.84. The van der Waals surface area contributed by atoms with Crippen LogP contribution in [0.1, 0.15) is 26.2 Å². The van der Waals surface area contributed by atoms with Gasteiger partial charge in [-0.2, -0.15) is 0 Å². The molecule has 0 aromatic rings. The van der Waals surface area contributed by atoms with Gasteiger partial charge in [0.25, 0.3) is 0 Å². The van der Waals surface area contributed by atoms with E-state index in [0.29, 0.717) is 12.1 Å². The van der Waals surface area contributed by atoms with Gasteiger partial charge in [-0.1, -0.05) is 0 Å². The summed E-state index contributed by atoms with van der Waals surface area (Å²) in [4.78, 5) is 15.2. The summed E-state index contributed by atoms with van der Waals surface area (Å²) in [5.41, 5.74) is 6.93. The van der Waals surface area contributed by atoms with E-state index < -0.39 is 0 Å². The van der Waals surface area contributed by atoms with E-state index in [1.807, 2.05) is 6.92 Å². The molecule has 0 heterocycles. The molecule has 0 radical (unpaired) electrons. The highest BCUT2D eigenvalue weighted by Gasteiger charge is 2.15. The van der Waals surface area contributed by atoms with Crippen LogP contribution in [0.4, 0.5) is 0 Å². The summed E-state index contributed by atoms with van der Waals surface area (Å²) < 4.78 is 0. The zero-order valence-corrected chi connectivity index (χ0v) is 7.34. The minimum atomic E-state index is 0.0683. The highest BCUT2D eigenvalue weighted by atomic mass is 16.1. The number of hydrogen-bond donors (Lipinski definition) is 1. The third kappa shape index (κ3) is 1.94. The molecule has 0 unspecified atom stereocenters. The zero-order valence-electron chi connectivity index (χ0n) is 7.34. The quantitative estimate of drug-likeness (QED) is 0.623. The van der Waals surface area contributed by atoms with Gasteiger partial charge in [0.05, 0.1) is 5.70 Å². The molecule has 66 valence electrons. The first-order valence-corrected chi connectivity index (χ1v) is 4.27. The first-order chi connectivity index (χ1) is 5.75. The van der Waals surface area contributed by atoms with Crippen molar-refractivity contribution in [2.24, 2.45) is 10.7 Å². The molecular weight excluding hydrogens is 152 g/mol. The van der Waals surface area contributed by atoms with Crippen LogP contribution in [0.15, 0.2) is 16.3 Å². The molecule has 0 amide bonds. The smallest absolute Gasteiger partial charge is 0.178 e. The fraction of sp³-hybridized carbons (Fsp3) is 0.556. The van der Waals surface area contributed by atoms with E-state index in [1.54, 1.807) is 6.21 Å². The van der Waals surface area contributed by atoms with E-state index in [2.05, 4.69) is 4.99 Å². The average molecular weight is 166 g/mol. The van der Waals surface area contributed by atoms with Crippen molar-refractivity contribution in [2.75, 3.05) is 6.54 Å². The molecule has 0 saturated carbocycles. The van der Waals surface area contributed by atoms with Crippen LogP contribution in [0.2, 0.25) is 0 Å². The molecule has 3 nitrogen and oxygen atoms in total. The van der Waals surface area contributed by atoms with Crippen LogP contribution in [-0.2, 0) is 4.79 Å². The van der Waals surface area contributed by atoms with Crippen molar-refractivity contribution in [2.45, 2.75) is 26.2 Å². The fourth-order valence-electron chi connectivity index (χ4n) is 1.22. The van der Waals surface area contributed by atoms with Crippen molar-refractivity contribution in [3.8, 4) is 0 Å². The average Bonchev–Trinajstić information content (AvgIpc) is 2.08. The van der Waals surface area contributed by atoms with E-state index in [-0.39, 0.29) is 5.78 Å². The number of carbonyl (C=O) groups is 1. The molecule has 0 aliphatic heterocycles. The SMILES string of the molecule is CC/N=C/C1=C(N)C(=O)CCC1. The number of hydrogen-bond acceptors (Lipinski definition) is 3. The minimum absolute atomic E-state index is 0.0683. The Bertz CT molecular complexity index is 241. The van der Waals surface area contributed by atoms with Gasteiger partial charge in [0.2, 0.25) is 0 Å². The number of nitrogens with two attached hydrogens (primary N) is 1. The summed E-state index contributed by atoms with van der Waals surface area (Å²) in [6.45, 7) is 2.70. The van der Waals surface area contributed by atoms with Gasteiger partial charge in [0.15, 0.2) is 5.78 Å². The Kier molecular flexibility index (Phi) is 3.02. The lowest BCUT2D eigenvalue weighted by atomic mass is 9.96. The summed E-state index contributed by atoms with van der Waals surface area (Å²) in [5, 5.41) is 0. The number of carbonyl (C=O) groups excluding carboxylic acids is 1. The van der Waals surface area contributed by atoms with Gasteiger partial charge in [-0.05, 0) is 25.3 Å². The van der Waals surface area contributed by atoms with Crippen molar-refractivity contribution >= 4 is 12.0 Å². The van der Waals surface area contributed by atoms with Crippen LogP contribution >= 0.6 is 0 Å². The molecule has 0 fully saturated rings. The summed E-state index contributed by atoms with van der Waals surface area (Å²) >= 11 is 0. The highest BCUT2D eigenvalue weighted by Crippen LogP contribution is 2.16. The van der Waals surface area contributed by atoms with Crippen molar-refractivity contribution in [3.63, 3.8) is 0 Å². The van der Waals surface area contributed by atoms with Crippen LogP contribution in [-0.4, -0.2) is 18.5 Å². The van der Waals surface area contributed by atoms with Gasteiger partial charge in [-0.3, -0.25) is 9.79 Å². The van der Waals surface area contributed by atoms with Gasteiger partial charge < -0.3 is 5.73 Å². The maximum absolute atomic E-state index is 11.1. The summed E-state index contributed by atoms with van der Waals surface area (Å²) in [6.07, 6.45) is 4.12. The van der Waals surface area contributed by atoms with E-state index in [4.69, 9.17) is 5.73 Å². The Morgan fingerprint density at radius 2 is 2.33 bits per heavy atom. The topological polar surface area (TPSA) is 55.4 Å². The number of rotatable bonds is 2. The molecule has 1 aliphatic rings. The van der Waals surface area contributed by atoms with Crippen molar-refractivity contribution in [3.05, 3.63) is 11.3 Å². The summed E-state index contributed by atoms with van der Waals surface area (Å²) in [6, 6.07) is 0. The summed E-state index contributed by atoms with van der Waals surface area (Å²) in [5.74, 6) is 0.0683. The van der Waals surface area contributed by atoms with Gasteiger partial charge in [-0.25, -0.2) is 0 Å². The maximum atomic E-state index is 11.1. The van der Waals surface area contributed by atoms with Gasteiger partial charge in [0.1, 0.15) is 0 Å². The largest absolute Gasteiger partial charge is 0.396 e. The summed E-state index contributed by atoms with van der Waals surface area (Å²) in [7, 11) is 0. The predicted octanol–water partition coefficient (Wildman–Crippen LogP) is 1.04. The third-order valence-corrected chi connectivity index (χ3v) is 1.93. The molecule has 1 rings (SSSR count). The third-order valence-electron chi connectivity index (χ3n) is 1.93. The van der Waals surface area contributed by atoms with E-state index in [0.717, 1.165) is 25.0 Å². The Labute approximate surface area is 72.4 Å². The standard InChI is InChI=1S/C9H14N2O/c1-2-11-6-7-4-3-5-8(12)9(7)10/h6H,2-5,10H2,1H3/b11-6+. The van der Waals surface area contributed by atoms with Gasteiger partial charge in [-0.15, -0.1) is 0 Å².